The Kier molecular flexibility index (Phi) is 6.63. The third-order valence-electron chi connectivity index (χ3n) is 3.66. The van der Waals surface area contributed by atoms with Crippen molar-refractivity contribution in [3.05, 3.63) is 0 Å². The molecule has 0 heterocycles. The minimum Gasteiger partial charge on any atom is -0.355 e. The van der Waals surface area contributed by atoms with Crippen molar-refractivity contribution in [1.29, 1.82) is 0 Å². The summed E-state index contributed by atoms with van der Waals surface area (Å²) in [5.74, 6) is -1.57. The summed E-state index contributed by atoms with van der Waals surface area (Å²) in [5.41, 5.74) is 0. The van der Waals surface area contributed by atoms with E-state index in [1.807, 2.05) is 0 Å². The number of alkyl halides is 4. The largest absolute Gasteiger partial charge is 0.391 e. The zero-order valence-electron chi connectivity index (χ0n) is 11.1. The highest BCUT2D eigenvalue weighted by atomic mass is 79.9. The Morgan fingerprint density at radius 3 is 2.37 bits per heavy atom. The summed E-state index contributed by atoms with van der Waals surface area (Å²) in [6, 6.07) is 0. The zero-order valence-corrected chi connectivity index (χ0v) is 12.7. The number of carbonyl (C=O) groups excluding carboxylic acids is 1. The number of halogens is 4. The Balaban J connectivity index is 2.29. The topological polar surface area (TPSA) is 29.1 Å². The van der Waals surface area contributed by atoms with Gasteiger partial charge in [-0.2, -0.15) is 13.2 Å². The van der Waals surface area contributed by atoms with E-state index in [1.165, 1.54) is 0 Å². The standard InChI is InChI=1S/C13H21BrF3NO/c1-2-3-11(14)8-18-12(19)9-4-6-10(7-5-9)13(15,16)17/h9-11H,2-8H2,1H3,(H,18,19). The number of hydrogen-bond acceptors (Lipinski definition) is 1. The molecule has 19 heavy (non-hydrogen) atoms. The van der Waals surface area contributed by atoms with Crippen molar-refractivity contribution in [1.82, 2.24) is 5.32 Å². The SMILES string of the molecule is CCCC(Br)CNC(=O)C1CCC(C(F)(F)F)CC1. The molecule has 0 aromatic carbocycles. The van der Waals surface area contributed by atoms with Crippen LogP contribution in [0.1, 0.15) is 45.4 Å². The van der Waals surface area contributed by atoms with Gasteiger partial charge in [-0.1, -0.05) is 29.3 Å². The molecule has 1 atom stereocenters. The van der Waals surface area contributed by atoms with Gasteiger partial charge in [0.25, 0.3) is 0 Å². The van der Waals surface area contributed by atoms with E-state index in [2.05, 4.69) is 28.2 Å². The lowest BCUT2D eigenvalue weighted by Crippen LogP contribution is -2.38. The van der Waals surface area contributed by atoms with Gasteiger partial charge in [-0.25, -0.2) is 0 Å². The molecule has 0 radical (unpaired) electrons. The Hall–Kier alpha value is -0.260. The first kappa shape index (κ1) is 16.8. The summed E-state index contributed by atoms with van der Waals surface area (Å²) >= 11 is 3.46. The zero-order chi connectivity index (χ0) is 14.5. The van der Waals surface area contributed by atoms with Gasteiger partial charge in [0.1, 0.15) is 0 Å². The second-order valence-corrected chi connectivity index (χ2v) is 6.52. The van der Waals surface area contributed by atoms with Gasteiger partial charge in [0.05, 0.1) is 5.92 Å². The average Bonchev–Trinajstić information content (AvgIpc) is 2.35. The summed E-state index contributed by atoms with van der Waals surface area (Å²) < 4.78 is 37.5. The van der Waals surface area contributed by atoms with Crippen LogP contribution in [0.3, 0.4) is 0 Å². The Morgan fingerprint density at radius 1 is 1.32 bits per heavy atom. The Morgan fingerprint density at radius 2 is 1.89 bits per heavy atom. The molecular weight excluding hydrogens is 323 g/mol. The van der Waals surface area contributed by atoms with Crippen LogP contribution in [0.5, 0.6) is 0 Å². The van der Waals surface area contributed by atoms with Crippen LogP contribution in [-0.4, -0.2) is 23.5 Å². The van der Waals surface area contributed by atoms with E-state index in [0.717, 1.165) is 12.8 Å². The fourth-order valence-electron chi connectivity index (χ4n) is 2.45. The van der Waals surface area contributed by atoms with Crippen LogP contribution in [-0.2, 0) is 4.79 Å². The van der Waals surface area contributed by atoms with Gasteiger partial charge in [-0.3, -0.25) is 4.79 Å². The Bertz CT molecular complexity index is 288. The summed E-state index contributed by atoms with van der Waals surface area (Å²) in [6.45, 7) is 2.61. The molecule has 1 unspecified atom stereocenters. The molecule has 0 bridgehead atoms. The maximum absolute atomic E-state index is 12.5. The van der Waals surface area contributed by atoms with Gasteiger partial charge >= 0.3 is 6.18 Å². The van der Waals surface area contributed by atoms with E-state index >= 15 is 0 Å². The number of hydrogen-bond donors (Lipinski definition) is 1. The van der Waals surface area contributed by atoms with Gasteiger partial charge in [-0.05, 0) is 32.1 Å². The van der Waals surface area contributed by atoms with Crippen LogP contribution in [0, 0.1) is 11.8 Å². The molecule has 0 spiro atoms. The molecule has 1 amide bonds. The van der Waals surface area contributed by atoms with E-state index in [0.29, 0.717) is 19.4 Å². The maximum Gasteiger partial charge on any atom is 0.391 e. The predicted octanol–water partition coefficient (Wildman–Crippen LogP) is 4.03. The second kappa shape index (κ2) is 7.50. The number of amides is 1. The van der Waals surface area contributed by atoms with E-state index < -0.39 is 12.1 Å². The molecule has 1 rings (SSSR count). The molecule has 2 nitrogen and oxygen atoms in total. The van der Waals surface area contributed by atoms with Crippen LogP contribution >= 0.6 is 15.9 Å². The number of rotatable bonds is 5. The maximum atomic E-state index is 12.5. The first-order valence-electron chi connectivity index (χ1n) is 6.83. The van der Waals surface area contributed by atoms with Gasteiger partial charge in [0, 0.05) is 17.3 Å². The molecule has 1 fully saturated rings. The highest BCUT2D eigenvalue weighted by Gasteiger charge is 2.42. The van der Waals surface area contributed by atoms with Crippen LogP contribution in [0.2, 0.25) is 0 Å². The van der Waals surface area contributed by atoms with Crippen molar-refractivity contribution in [2.75, 3.05) is 6.54 Å². The molecule has 6 heteroatoms. The minimum absolute atomic E-state index is 0.0777. The van der Waals surface area contributed by atoms with Crippen molar-refractivity contribution in [2.24, 2.45) is 11.8 Å². The van der Waals surface area contributed by atoms with Crippen molar-refractivity contribution in [3.63, 3.8) is 0 Å². The lowest BCUT2D eigenvalue weighted by atomic mass is 9.81. The van der Waals surface area contributed by atoms with Crippen molar-refractivity contribution >= 4 is 21.8 Å². The van der Waals surface area contributed by atoms with Gasteiger partial charge in [0.15, 0.2) is 0 Å². The van der Waals surface area contributed by atoms with Gasteiger partial charge in [0.2, 0.25) is 5.91 Å². The molecule has 0 aromatic rings. The first-order chi connectivity index (χ1) is 8.84. The fourth-order valence-corrected chi connectivity index (χ4v) is 3.07. The molecule has 0 aromatic heterocycles. The third-order valence-corrected chi connectivity index (χ3v) is 4.44. The fraction of sp³-hybridized carbons (Fsp3) is 0.923. The summed E-state index contributed by atoms with van der Waals surface area (Å²) in [4.78, 5) is 12.1. The average molecular weight is 344 g/mol. The molecule has 0 saturated heterocycles. The smallest absolute Gasteiger partial charge is 0.355 e. The van der Waals surface area contributed by atoms with Crippen molar-refractivity contribution in [2.45, 2.75) is 56.5 Å². The number of carbonyl (C=O) groups is 1. The summed E-state index contributed by atoms with van der Waals surface area (Å²) in [5, 5.41) is 2.82. The summed E-state index contributed by atoms with van der Waals surface area (Å²) in [6.07, 6.45) is -1.26. The van der Waals surface area contributed by atoms with Crippen LogP contribution < -0.4 is 5.32 Å². The third kappa shape index (κ3) is 5.71. The van der Waals surface area contributed by atoms with E-state index in [9.17, 15) is 18.0 Å². The molecule has 112 valence electrons. The van der Waals surface area contributed by atoms with Crippen LogP contribution in [0.15, 0.2) is 0 Å². The van der Waals surface area contributed by atoms with E-state index in [-0.39, 0.29) is 29.5 Å². The molecule has 1 N–H and O–H groups in total. The highest BCUT2D eigenvalue weighted by Crippen LogP contribution is 2.39. The summed E-state index contributed by atoms with van der Waals surface area (Å²) in [7, 11) is 0. The lowest BCUT2D eigenvalue weighted by Gasteiger charge is -2.29. The number of nitrogens with one attached hydrogen (secondary N) is 1. The molecule has 1 aliphatic rings. The molecule has 0 aliphatic heterocycles. The normalized spacial score (nSPS) is 25.9. The quantitative estimate of drug-likeness (QED) is 0.750. The van der Waals surface area contributed by atoms with E-state index in [4.69, 9.17) is 0 Å². The molecular formula is C13H21BrF3NO. The Labute approximate surface area is 120 Å². The van der Waals surface area contributed by atoms with Gasteiger partial charge < -0.3 is 5.32 Å². The molecule has 1 aliphatic carbocycles. The van der Waals surface area contributed by atoms with Crippen LogP contribution in [0.25, 0.3) is 0 Å². The highest BCUT2D eigenvalue weighted by molar-refractivity contribution is 9.09. The van der Waals surface area contributed by atoms with Gasteiger partial charge in [-0.15, -0.1) is 0 Å². The monoisotopic (exact) mass is 343 g/mol. The second-order valence-electron chi connectivity index (χ2n) is 5.22. The van der Waals surface area contributed by atoms with Crippen LogP contribution in [0.4, 0.5) is 13.2 Å². The molecule has 1 saturated carbocycles. The van der Waals surface area contributed by atoms with Crippen molar-refractivity contribution in [3.8, 4) is 0 Å². The first-order valence-corrected chi connectivity index (χ1v) is 7.74. The van der Waals surface area contributed by atoms with Crippen molar-refractivity contribution < 1.29 is 18.0 Å². The minimum atomic E-state index is -4.11. The van der Waals surface area contributed by atoms with E-state index in [1.54, 1.807) is 0 Å². The lowest BCUT2D eigenvalue weighted by molar-refractivity contribution is -0.184. The predicted molar refractivity (Wildman–Crippen MR) is 72.1 cm³/mol.